The van der Waals surface area contributed by atoms with Crippen LogP contribution in [0.15, 0.2) is 67.3 Å². The molecule has 1 unspecified atom stereocenters. The van der Waals surface area contributed by atoms with Crippen LogP contribution in [0.3, 0.4) is 0 Å². The van der Waals surface area contributed by atoms with Gasteiger partial charge in [-0.3, -0.25) is 4.90 Å². The Morgan fingerprint density at radius 2 is 1.97 bits per heavy atom. The molecule has 1 aliphatic rings. The molecule has 0 bridgehead atoms. The molecule has 0 amide bonds. The smallest absolute Gasteiger partial charge is 0.134 e. The fourth-order valence-corrected chi connectivity index (χ4v) is 3.99. The standard InChI is InChI=1S/C26H33N3O4/c1-22-5-2-7-24(15-22)33-20-26(30)18-29(12-14-31-19-26)17-23-6-3-8-25(16-23)32-13-4-10-28-11-9-27-21-28/h2-3,5-9,11,15-16,21,30H,4,10,12-14,17-20H2,1H3. The monoisotopic (exact) mass is 451 g/mol. The van der Waals surface area contributed by atoms with Gasteiger partial charge in [-0.2, -0.15) is 0 Å². The van der Waals surface area contributed by atoms with Crippen LogP contribution in [0.5, 0.6) is 11.5 Å². The number of hydrogen-bond donors (Lipinski definition) is 1. The SMILES string of the molecule is Cc1cccc(OCC2(O)COCCN(Cc3cccc(OCCCn4ccnc4)c3)C2)c1. The van der Waals surface area contributed by atoms with Crippen molar-refractivity contribution in [3.8, 4) is 11.5 Å². The first-order chi connectivity index (χ1) is 16.1. The van der Waals surface area contributed by atoms with Gasteiger partial charge in [0.05, 0.1) is 26.1 Å². The number of benzene rings is 2. The molecule has 1 N–H and O–H groups in total. The highest BCUT2D eigenvalue weighted by Crippen LogP contribution is 2.20. The van der Waals surface area contributed by atoms with Gasteiger partial charge < -0.3 is 23.9 Å². The molecule has 1 fully saturated rings. The van der Waals surface area contributed by atoms with Crippen LogP contribution < -0.4 is 9.47 Å². The summed E-state index contributed by atoms with van der Waals surface area (Å²) in [7, 11) is 0. The second kappa shape index (κ2) is 11.3. The zero-order valence-corrected chi connectivity index (χ0v) is 19.2. The van der Waals surface area contributed by atoms with E-state index in [1.54, 1.807) is 6.20 Å². The Labute approximate surface area is 195 Å². The highest BCUT2D eigenvalue weighted by Gasteiger charge is 2.33. The highest BCUT2D eigenvalue weighted by atomic mass is 16.5. The number of rotatable bonds is 10. The quantitative estimate of drug-likeness (QED) is 0.477. The molecule has 176 valence electrons. The van der Waals surface area contributed by atoms with Crippen LogP contribution in [0.4, 0.5) is 0 Å². The van der Waals surface area contributed by atoms with Crippen molar-refractivity contribution in [3.05, 3.63) is 78.4 Å². The van der Waals surface area contributed by atoms with Crippen molar-refractivity contribution in [1.82, 2.24) is 14.5 Å². The number of imidazole rings is 1. The summed E-state index contributed by atoms with van der Waals surface area (Å²) < 4.78 is 19.6. The lowest BCUT2D eigenvalue weighted by Crippen LogP contribution is -2.48. The van der Waals surface area contributed by atoms with E-state index in [4.69, 9.17) is 14.2 Å². The van der Waals surface area contributed by atoms with Crippen LogP contribution in [0.1, 0.15) is 17.5 Å². The summed E-state index contributed by atoms with van der Waals surface area (Å²) in [6.45, 7) is 6.53. The minimum absolute atomic E-state index is 0.188. The third kappa shape index (κ3) is 7.32. The fraction of sp³-hybridized carbons (Fsp3) is 0.423. The number of nitrogens with zero attached hydrogens (tertiary/aromatic N) is 3. The topological polar surface area (TPSA) is 69.0 Å². The van der Waals surface area contributed by atoms with Gasteiger partial charge in [-0.25, -0.2) is 4.98 Å². The first-order valence-corrected chi connectivity index (χ1v) is 11.5. The molecule has 7 nitrogen and oxygen atoms in total. The van der Waals surface area contributed by atoms with Crippen LogP contribution >= 0.6 is 0 Å². The van der Waals surface area contributed by atoms with Gasteiger partial charge >= 0.3 is 0 Å². The van der Waals surface area contributed by atoms with Gasteiger partial charge in [0.25, 0.3) is 0 Å². The summed E-state index contributed by atoms with van der Waals surface area (Å²) >= 11 is 0. The van der Waals surface area contributed by atoms with E-state index in [9.17, 15) is 5.11 Å². The number of aromatic nitrogens is 2. The second-order valence-corrected chi connectivity index (χ2v) is 8.74. The Morgan fingerprint density at radius 3 is 2.79 bits per heavy atom. The molecule has 1 atom stereocenters. The van der Waals surface area contributed by atoms with Gasteiger partial charge in [0.1, 0.15) is 23.7 Å². The van der Waals surface area contributed by atoms with Crippen LogP contribution in [0.25, 0.3) is 0 Å². The Hall–Kier alpha value is -2.87. The van der Waals surface area contributed by atoms with Crippen LogP contribution in [-0.2, 0) is 17.8 Å². The lowest BCUT2D eigenvalue weighted by Gasteiger charge is -2.30. The third-order valence-corrected chi connectivity index (χ3v) is 5.63. The highest BCUT2D eigenvalue weighted by molar-refractivity contribution is 5.29. The van der Waals surface area contributed by atoms with Crippen molar-refractivity contribution in [2.24, 2.45) is 0 Å². The van der Waals surface area contributed by atoms with E-state index in [0.29, 0.717) is 26.3 Å². The second-order valence-electron chi connectivity index (χ2n) is 8.74. The van der Waals surface area contributed by atoms with E-state index in [-0.39, 0.29) is 13.2 Å². The van der Waals surface area contributed by atoms with Gasteiger partial charge in [0, 0.05) is 38.6 Å². The molecule has 0 aliphatic carbocycles. The van der Waals surface area contributed by atoms with Crippen molar-refractivity contribution in [2.75, 3.05) is 39.5 Å². The zero-order valence-electron chi connectivity index (χ0n) is 19.2. The first-order valence-electron chi connectivity index (χ1n) is 11.5. The predicted octanol–water partition coefficient (Wildman–Crippen LogP) is 3.30. The van der Waals surface area contributed by atoms with E-state index in [1.165, 1.54) is 0 Å². The lowest BCUT2D eigenvalue weighted by molar-refractivity contribution is -0.0646. The molecule has 7 heteroatoms. The molecule has 3 aromatic rings. The molecule has 1 saturated heterocycles. The minimum Gasteiger partial charge on any atom is -0.494 e. The molecule has 4 rings (SSSR count). The van der Waals surface area contributed by atoms with Crippen molar-refractivity contribution < 1.29 is 19.3 Å². The summed E-state index contributed by atoms with van der Waals surface area (Å²) in [5, 5.41) is 11.2. The van der Waals surface area contributed by atoms with Crippen LogP contribution in [0.2, 0.25) is 0 Å². The summed E-state index contributed by atoms with van der Waals surface area (Å²) in [4.78, 5) is 6.27. The van der Waals surface area contributed by atoms with E-state index in [1.807, 2.05) is 60.4 Å². The van der Waals surface area contributed by atoms with Gasteiger partial charge in [0.2, 0.25) is 0 Å². The van der Waals surface area contributed by atoms with E-state index in [2.05, 4.69) is 22.0 Å². The molecule has 2 aromatic carbocycles. The molecule has 33 heavy (non-hydrogen) atoms. The minimum atomic E-state index is -1.07. The molecular weight excluding hydrogens is 418 g/mol. The van der Waals surface area contributed by atoms with Crippen molar-refractivity contribution in [3.63, 3.8) is 0 Å². The summed E-state index contributed by atoms with van der Waals surface area (Å²) in [6.07, 6.45) is 6.48. The van der Waals surface area contributed by atoms with Gasteiger partial charge in [-0.1, -0.05) is 24.3 Å². The molecule has 2 heterocycles. The third-order valence-electron chi connectivity index (χ3n) is 5.63. The molecule has 0 radical (unpaired) electrons. The average molecular weight is 452 g/mol. The number of aliphatic hydroxyl groups is 1. The van der Waals surface area contributed by atoms with Crippen molar-refractivity contribution in [1.29, 1.82) is 0 Å². The summed E-state index contributed by atoms with van der Waals surface area (Å²) in [5.74, 6) is 1.62. The normalized spacial score (nSPS) is 19.2. The van der Waals surface area contributed by atoms with Crippen LogP contribution in [0, 0.1) is 6.92 Å². The van der Waals surface area contributed by atoms with Crippen molar-refractivity contribution in [2.45, 2.75) is 32.0 Å². The summed E-state index contributed by atoms with van der Waals surface area (Å²) in [6, 6.07) is 16.0. The Morgan fingerprint density at radius 1 is 1.12 bits per heavy atom. The molecular formula is C26H33N3O4. The maximum atomic E-state index is 11.2. The van der Waals surface area contributed by atoms with Gasteiger partial charge in [-0.05, 0) is 48.7 Å². The maximum absolute atomic E-state index is 11.2. The van der Waals surface area contributed by atoms with Crippen molar-refractivity contribution >= 4 is 0 Å². The van der Waals surface area contributed by atoms with Crippen LogP contribution in [-0.4, -0.2) is 64.7 Å². The fourth-order valence-electron chi connectivity index (χ4n) is 3.99. The first kappa shape index (κ1) is 23.3. The van der Waals surface area contributed by atoms with Gasteiger partial charge in [-0.15, -0.1) is 0 Å². The molecule has 1 aromatic heterocycles. The Kier molecular flexibility index (Phi) is 7.99. The molecule has 0 saturated carbocycles. The zero-order chi connectivity index (χ0) is 22.9. The Balaban J connectivity index is 1.29. The maximum Gasteiger partial charge on any atom is 0.134 e. The van der Waals surface area contributed by atoms with E-state index < -0.39 is 5.60 Å². The lowest BCUT2D eigenvalue weighted by atomic mass is 10.1. The van der Waals surface area contributed by atoms with Gasteiger partial charge in [0.15, 0.2) is 0 Å². The average Bonchev–Trinajstić information content (AvgIpc) is 3.25. The number of aryl methyl sites for hydroxylation is 2. The molecule has 1 aliphatic heterocycles. The summed E-state index contributed by atoms with van der Waals surface area (Å²) in [5.41, 5.74) is 1.20. The number of ether oxygens (including phenoxy) is 3. The number of β-amino-alcohol motifs (C(OH)–C–C–N with tert-alkyl or cyclic N) is 1. The largest absolute Gasteiger partial charge is 0.494 e. The number of hydrogen-bond acceptors (Lipinski definition) is 6. The molecule has 0 spiro atoms. The van der Waals surface area contributed by atoms with E-state index in [0.717, 1.165) is 42.1 Å². The Bertz CT molecular complexity index is 995. The van der Waals surface area contributed by atoms with E-state index >= 15 is 0 Å². The predicted molar refractivity (Wildman–Crippen MR) is 127 cm³/mol.